The number of aryl methyl sites for hydroxylation is 1. The van der Waals surface area contributed by atoms with Crippen LogP contribution >= 0.6 is 39.7 Å². The van der Waals surface area contributed by atoms with Gasteiger partial charge in [0.15, 0.2) is 5.11 Å². The second kappa shape index (κ2) is 8.65. The van der Waals surface area contributed by atoms with Crippen molar-refractivity contribution in [2.75, 3.05) is 25.1 Å². The van der Waals surface area contributed by atoms with Crippen LogP contribution < -0.4 is 10.6 Å². The van der Waals surface area contributed by atoms with E-state index >= 15 is 0 Å². The number of hydrogen-bond acceptors (Lipinski definition) is 3. The van der Waals surface area contributed by atoms with E-state index < -0.39 is 0 Å². The van der Waals surface area contributed by atoms with Crippen LogP contribution in [0.2, 0.25) is 5.02 Å². The molecule has 7 heteroatoms. The summed E-state index contributed by atoms with van der Waals surface area (Å²) < 4.78 is 6.56. The molecule has 138 valence electrons. The third-order valence-corrected chi connectivity index (χ3v) is 6.09. The highest BCUT2D eigenvalue weighted by Crippen LogP contribution is 2.35. The lowest BCUT2D eigenvalue weighted by Gasteiger charge is -2.38. The van der Waals surface area contributed by atoms with Gasteiger partial charge in [0.2, 0.25) is 0 Å². The average Bonchev–Trinajstić information content (AvgIpc) is 2.64. The summed E-state index contributed by atoms with van der Waals surface area (Å²) in [7, 11) is 0. The predicted molar refractivity (Wildman–Crippen MR) is 114 cm³/mol. The Morgan fingerprint density at radius 3 is 2.58 bits per heavy atom. The maximum absolute atomic E-state index is 6.06. The minimum atomic E-state index is -0.0162. The lowest BCUT2D eigenvalue weighted by Crippen LogP contribution is -2.45. The predicted octanol–water partition coefficient (Wildman–Crippen LogP) is 4.84. The second-order valence-electron chi connectivity index (χ2n) is 6.47. The Hall–Kier alpha value is -1.21. The number of aromatic nitrogens is 1. The molecular weight excluding hydrogens is 434 g/mol. The molecule has 1 aromatic carbocycles. The van der Waals surface area contributed by atoms with Crippen molar-refractivity contribution in [2.45, 2.75) is 25.2 Å². The number of nitrogens with one attached hydrogen (secondary N) is 2. The molecule has 1 saturated heterocycles. The van der Waals surface area contributed by atoms with Crippen LogP contribution in [0.25, 0.3) is 0 Å². The van der Waals surface area contributed by atoms with Gasteiger partial charge in [-0.05, 0) is 77.7 Å². The maximum atomic E-state index is 6.06. The molecule has 2 N–H and O–H groups in total. The highest BCUT2D eigenvalue weighted by molar-refractivity contribution is 9.10. The van der Waals surface area contributed by atoms with Crippen LogP contribution in [0.15, 0.2) is 40.9 Å². The minimum Gasteiger partial charge on any atom is -0.381 e. The van der Waals surface area contributed by atoms with Gasteiger partial charge in [0.25, 0.3) is 0 Å². The topological polar surface area (TPSA) is 46.2 Å². The SMILES string of the molecule is Cc1nc(NC(=S)NCC2(c3ccc(Cl)cc3)CCOCC2)ccc1Br. The summed E-state index contributed by atoms with van der Waals surface area (Å²) in [6.07, 6.45) is 1.89. The number of rotatable bonds is 4. The molecule has 26 heavy (non-hydrogen) atoms. The first-order valence-corrected chi connectivity index (χ1v) is 10.1. The average molecular weight is 455 g/mol. The van der Waals surface area contributed by atoms with E-state index in [9.17, 15) is 0 Å². The molecule has 4 nitrogen and oxygen atoms in total. The summed E-state index contributed by atoms with van der Waals surface area (Å²) in [5, 5.41) is 7.85. The summed E-state index contributed by atoms with van der Waals surface area (Å²) in [6.45, 7) is 4.18. The number of halogens is 2. The number of pyridine rings is 1. The van der Waals surface area contributed by atoms with E-state index in [0.29, 0.717) is 5.11 Å². The van der Waals surface area contributed by atoms with E-state index in [1.165, 1.54) is 5.56 Å². The summed E-state index contributed by atoms with van der Waals surface area (Å²) in [6, 6.07) is 11.9. The van der Waals surface area contributed by atoms with Crippen molar-refractivity contribution in [3.8, 4) is 0 Å². The van der Waals surface area contributed by atoms with Gasteiger partial charge >= 0.3 is 0 Å². The fraction of sp³-hybridized carbons (Fsp3) is 0.368. The fourth-order valence-corrected chi connectivity index (χ4v) is 3.68. The quantitative estimate of drug-likeness (QED) is 0.647. The summed E-state index contributed by atoms with van der Waals surface area (Å²) in [4.78, 5) is 4.47. The van der Waals surface area contributed by atoms with Gasteiger partial charge in [0.1, 0.15) is 5.82 Å². The first kappa shape index (κ1) is 19.5. The van der Waals surface area contributed by atoms with Gasteiger partial charge in [0.05, 0.1) is 5.69 Å². The van der Waals surface area contributed by atoms with E-state index in [-0.39, 0.29) is 5.41 Å². The normalized spacial score (nSPS) is 16.1. The molecule has 0 aliphatic carbocycles. The maximum Gasteiger partial charge on any atom is 0.171 e. The zero-order chi connectivity index (χ0) is 18.6. The number of benzene rings is 1. The minimum absolute atomic E-state index is 0.0162. The molecule has 2 aromatic rings. The smallest absolute Gasteiger partial charge is 0.171 e. The Bertz CT molecular complexity index is 779. The van der Waals surface area contributed by atoms with Gasteiger partial charge in [-0.1, -0.05) is 23.7 Å². The number of nitrogens with zero attached hydrogens (tertiary/aromatic N) is 1. The molecule has 1 fully saturated rings. The van der Waals surface area contributed by atoms with Crippen molar-refractivity contribution >= 4 is 50.7 Å². The van der Waals surface area contributed by atoms with Crippen LogP contribution in [0.4, 0.5) is 5.82 Å². The lowest BCUT2D eigenvalue weighted by molar-refractivity contribution is 0.0515. The van der Waals surface area contributed by atoms with E-state index in [1.54, 1.807) is 0 Å². The highest BCUT2D eigenvalue weighted by Gasteiger charge is 2.34. The molecule has 1 aliphatic heterocycles. The third-order valence-electron chi connectivity index (χ3n) is 4.76. The van der Waals surface area contributed by atoms with Gasteiger partial charge in [-0.3, -0.25) is 0 Å². The molecule has 0 bridgehead atoms. The van der Waals surface area contributed by atoms with Gasteiger partial charge in [-0.25, -0.2) is 4.98 Å². The van der Waals surface area contributed by atoms with Gasteiger partial charge in [-0.15, -0.1) is 0 Å². The first-order valence-electron chi connectivity index (χ1n) is 8.50. The van der Waals surface area contributed by atoms with Crippen molar-refractivity contribution in [1.29, 1.82) is 0 Å². The van der Waals surface area contributed by atoms with Crippen LogP contribution in [0, 0.1) is 6.92 Å². The fourth-order valence-electron chi connectivity index (χ4n) is 3.16. The Kier molecular flexibility index (Phi) is 6.51. The Balaban J connectivity index is 1.68. The number of thiocarbonyl (C=S) groups is 1. The van der Waals surface area contributed by atoms with E-state index in [1.807, 2.05) is 31.2 Å². The second-order valence-corrected chi connectivity index (χ2v) is 8.17. The Labute approximate surface area is 172 Å². The molecule has 0 unspecified atom stereocenters. The highest BCUT2D eigenvalue weighted by atomic mass is 79.9. The lowest BCUT2D eigenvalue weighted by atomic mass is 9.74. The summed E-state index contributed by atoms with van der Waals surface area (Å²) in [5.74, 6) is 0.732. The molecule has 1 aromatic heterocycles. The first-order chi connectivity index (χ1) is 12.5. The zero-order valence-corrected chi connectivity index (χ0v) is 17.7. The zero-order valence-electron chi connectivity index (χ0n) is 14.5. The van der Waals surface area contributed by atoms with Crippen LogP contribution in [0.1, 0.15) is 24.1 Å². The van der Waals surface area contributed by atoms with Gasteiger partial charge in [-0.2, -0.15) is 0 Å². The Morgan fingerprint density at radius 1 is 1.23 bits per heavy atom. The van der Waals surface area contributed by atoms with Crippen molar-refractivity contribution in [2.24, 2.45) is 0 Å². The van der Waals surface area contributed by atoms with Crippen LogP contribution in [0.5, 0.6) is 0 Å². The largest absolute Gasteiger partial charge is 0.381 e. The summed E-state index contributed by atoms with van der Waals surface area (Å²) >= 11 is 15.0. The van der Waals surface area contributed by atoms with Crippen molar-refractivity contribution < 1.29 is 4.74 Å². The number of ether oxygens (including phenoxy) is 1. The van der Waals surface area contributed by atoms with Gasteiger partial charge < -0.3 is 15.4 Å². The molecular formula is C19H21BrClN3OS. The molecule has 0 saturated carbocycles. The van der Waals surface area contributed by atoms with Crippen LogP contribution in [0.3, 0.4) is 0 Å². The van der Waals surface area contributed by atoms with Gasteiger partial charge in [0, 0.05) is 34.7 Å². The number of hydrogen-bond donors (Lipinski definition) is 2. The van der Waals surface area contributed by atoms with Crippen molar-refractivity contribution in [3.05, 3.63) is 57.2 Å². The number of anilines is 1. The van der Waals surface area contributed by atoms with Crippen LogP contribution in [-0.4, -0.2) is 29.9 Å². The standard InChI is InChI=1S/C19H21BrClN3OS/c1-13-16(20)6-7-17(23-13)24-18(26)22-12-19(8-10-25-11-9-19)14-2-4-15(21)5-3-14/h2-7H,8-12H2,1H3,(H2,22,23,24,26). The van der Waals surface area contributed by atoms with Crippen LogP contribution in [-0.2, 0) is 10.2 Å². The molecule has 0 atom stereocenters. The van der Waals surface area contributed by atoms with Crippen molar-refractivity contribution in [1.82, 2.24) is 10.3 Å². The molecule has 0 radical (unpaired) electrons. The monoisotopic (exact) mass is 453 g/mol. The van der Waals surface area contributed by atoms with E-state index in [2.05, 4.69) is 43.7 Å². The molecule has 2 heterocycles. The molecule has 0 spiro atoms. The molecule has 3 rings (SSSR count). The molecule has 1 aliphatic rings. The van der Waals surface area contributed by atoms with Crippen molar-refractivity contribution in [3.63, 3.8) is 0 Å². The third kappa shape index (κ3) is 4.74. The Morgan fingerprint density at radius 2 is 1.92 bits per heavy atom. The van der Waals surface area contributed by atoms with E-state index in [0.717, 1.165) is 53.6 Å². The molecule has 0 amide bonds. The summed E-state index contributed by atoms with van der Waals surface area (Å²) in [5.41, 5.74) is 2.16. The van der Waals surface area contributed by atoms with E-state index in [4.69, 9.17) is 28.6 Å².